The van der Waals surface area contributed by atoms with E-state index >= 15 is 0 Å². The van der Waals surface area contributed by atoms with Crippen molar-refractivity contribution in [3.05, 3.63) is 0 Å². The lowest BCUT2D eigenvalue weighted by atomic mass is 10.2. The fraction of sp³-hybridized carbons (Fsp3) is 0.889. The molecular formula is C9H19NO6S. The molecule has 0 fully saturated rings. The van der Waals surface area contributed by atoms with Gasteiger partial charge in [-0.15, -0.1) is 0 Å². The summed E-state index contributed by atoms with van der Waals surface area (Å²) in [5, 5.41) is 0. The van der Waals surface area contributed by atoms with Gasteiger partial charge < -0.3 is 15.2 Å². The van der Waals surface area contributed by atoms with E-state index < -0.39 is 22.1 Å². The van der Waals surface area contributed by atoms with Crippen LogP contribution in [0.1, 0.15) is 13.3 Å². The number of amides is 1. The second-order valence-electron chi connectivity index (χ2n) is 3.35. The van der Waals surface area contributed by atoms with Crippen LogP contribution in [0.2, 0.25) is 0 Å². The maximum absolute atomic E-state index is 10.8. The molecule has 0 unspecified atom stereocenters. The number of carbonyl (C=O) groups excluding carboxylic acids is 1. The molecule has 8 heteroatoms. The Labute approximate surface area is 101 Å². The average Bonchev–Trinajstić information content (AvgIpc) is 2.18. The van der Waals surface area contributed by atoms with Gasteiger partial charge >= 0.3 is 0 Å². The zero-order chi connectivity index (χ0) is 13.3. The minimum Gasteiger partial charge on any atom is -0.379 e. The normalized spacial score (nSPS) is 13.5. The predicted molar refractivity (Wildman–Crippen MR) is 60.8 cm³/mol. The van der Waals surface area contributed by atoms with Crippen LogP contribution in [0, 0.1) is 0 Å². The maximum atomic E-state index is 10.8. The van der Waals surface area contributed by atoms with E-state index in [0.717, 1.165) is 6.26 Å². The van der Waals surface area contributed by atoms with Crippen LogP contribution >= 0.6 is 0 Å². The highest BCUT2D eigenvalue weighted by atomic mass is 32.2. The van der Waals surface area contributed by atoms with Gasteiger partial charge in [0.05, 0.1) is 38.6 Å². The molecule has 0 bridgehead atoms. The minimum absolute atomic E-state index is 0.0956. The quantitative estimate of drug-likeness (QED) is 0.413. The fourth-order valence-corrected chi connectivity index (χ4v) is 1.41. The van der Waals surface area contributed by atoms with Crippen molar-refractivity contribution in [2.75, 3.05) is 32.7 Å². The van der Waals surface area contributed by atoms with E-state index in [0.29, 0.717) is 13.2 Å². The highest BCUT2D eigenvalue weighted by Gasteiger charge is 2.15. The third-order valence-corrected chi connectivity index (χ3v) is 2.25. The topological polar surface area (TPSA) is 105 Å². The van der Waals surface area contributed by atoms with E-state index in [9.17, 15) is 13.2 Å². The van der Waals surface area contributed by atoms with Gasteiger partial charge in [-0.25, -0.2) is 0 Å². The molecule has 102 valence electrons. The van der Waals surface area contributed by atoms with Crippen LogP contribution in [-0.4, -0.2) is 53.1 Å². The second-order valence-corrected chi connectivity index (χ2v) is 4.99. The summed E-state index contributed by atoms with van der Waals surface area (Å²) in [6.45, 7) is 2.79. The fourth-order valence-electron chi connectivity index (χ4n) is 1.01. The van der Waals surface area contributed by atoms with Crippen molar-refractivity contribution in [3.8, 4) is 0 Å². The Morgan fingerprint density at radius 3 is 2.47 bits per heavy atom. The van der Waals surface area contributed by atoms with Crippen molar-refractivity contribution < 1.29 is 26.9 Å². The molecule has 0 aromatic carbocycles. The van der Waals surface area contributed by atoms with Crippen LogP contribution in [0.4, 0.5) is 0 Å². The first-order chi connectivity index (χ1) is 7.85. The van der Waals surface area contributed by atoms with Crippen LogP contribution in [0.3, 0.4) is 0 Å². The van der Waals surface area contributed by atoms with Crippen molar-refractivity contribution in [3.63, 3.8) is 0 Å². The molecule has 0 aromatic rings. The first kappa shape index (κ1) is 16.3. The summed E-state index contributed by atoms with van der Waals surface area (Å²) in [7, 11) is -3.55. The SMILES string of the molecule is CCOCCO[C@H](COS(C)(=O)=O)CC(N)=O. The van der Waals surface area contributed by atoms with Crippen molar-refractivity contribution in [2.24, 2.45) is 5.73 Å². The first-order valence-electron chi connectivity index (χ1n) is 5.17. The number of carbonyl (C=O) groups is 1. The standard InChI is InChI=1S/C9H19NO6S/c1-3-14-4-5-15-8(6-9(10)11)7-16-17(2,12)13/h8H,3-7H2,1-2H3,(H2,10,11)/t8-/m0/s1. The van der Waals surface area contributed by atoms with Gasteiger partial charge in [0.2, 0.25) is 5.91 Å². The van der Waals surface area contributed by atoms with Crippen LogP contribution in [-0.2, 0) is 28.6 Å². The molecule has 0 aliphatic carbocycles. The predicted octanol–water partition coefficient (Wildman–Crippen LogP) is -0.740. The third kappa shape index (κ3) is 11.6. The van der Waals surface area contributed by atoms with Crippen LogP contribution < -0.4 is 5.73 Å². The molecular weight excluding hydrogens is 250 g/mol. The number of ether oxygens (including phenoxy) is 2. The number of hydrogen-bond acceptors (Lipinski definition) is 6. The summed E-state index contributed by atoms with van der Waals surface area (Å²) in [5.41, 5.74) is 5.01. The van der Waals surface area contributed by atoms with Crippen LogP contribution in [0.15, 0.2) is 0 Å². The Bertz CT molecular complexity index is 315. The summed E-state index contributed by atoms with van der Waals surface area (Å²) >= 11 is 0. The van der Waals surface area contributed by atoms with Gasteiger partial charge in [0.15, 0.2) is 0 Å². The lowest BCUT2D eigenvalue weighted by molar-refractivity contribution is -0.122. The molecule has 2 N–H and O–H groups in total. The average molecular weight is 269 g/mol. The number of hydrogen-bond donors (Lipinski definition) is 1. The molecule has 0 aliphatic rings. The number of rotatable bonds is 10. The van der Waals surface area contributed by atoms with E-state index in [2.05, 4.69) is 4.18 Å². The number of nitrogens with two attached hydrogens (primary N) is 1. The van der Waals surface area contributed by atoms with Gasteiger partial charge in [-0.1, -0.05) is 0 Å². The summed E-state index contributed by atoms with van der Waals surface area (Å²) < 4.78 is 36.4. The van der Waals surface area contributed by atoms with Crippen LogP contribution in [0.5, 0.6) is 0 Å². The van der Waals surface area contributed by atoms with Crippen LogP contribution in [0.25, 0.3) is 0 Å². The van der Waals surface area contributed by atoms with Crippen molar-refractivity contribution in [2.45, 2.75) is 19.4 Å². The molecule has 0 spiro atoms. The lowest BCUT2D eigenvalue weighted by Gasteiger charge is -2.15. The summed E-state index contributed by atoms with van der Waals surface area (Å²) in [6, 6.07) is 0. The highest BCUT2D eigenvalue weighted by Crippen LogP contribution is 2.01. The molecule has 0 heterocycles. The first-order valence-corrected chi connectivity index (χ1v) is 6.99. The van der Waals surface area contributed by atoms with Gasteiger partial charge in [0.1, 0.15) is 0 Å². The van der Waals surface area contributed by atoms with Crippen molar-refractivity contribution in [1.29, 1.82) is 0 Å². The molecule has 1 atom stereocenters. The van der Waals surface area contributed by atoms with E-state index in [1.807, 2.05) is 6.92 Å². The van der Waals surface area contributed by atoms with Gasteiger partial charge in [0.25, 0.3) is 10.1 Å². The molecule has 0 aliphatic heterocycles. The molecule has 7 nitrogen and oxygen atoms in total. The Hall–Kier alpha value is -0.700. The van der Waals surface area contributed by atoms with Gasteiger partial charge in [-0.05, 0) is 6.92 Å². The Kier molecular flexibility index (Phi) is 8.05. The summed E-state index contributed by atoms with van der Waals surface area (Å²) in [5.74, 6) is -0.580. The smallest absolute Gasteiger partial charge is 0.264 e. The number of primary amides is 1. The second kappa shape index (κ2) is 8.40. The zero-order valence-corrected chi connectivity index (χ0v) is 10.9. The van der Waals surface area contributed by atoms with E-state index in [1.54, 1.807) is 0 Å². The molecule has 17 heavy (non-hydrogen) atoms. The molecule has 0 saturated carbocycles. The third-order valence-electron chi connectivity index (χ3n) is 1.68. The monoisotopic (exact) mass is 269 g/mol. The Morgan fingerprint density at radius 1 is 1.35 bits per heavy atom. The largest absolute Gasteiger partial charge is 0.379 e. The zero-order valence-electron chi connectivity index (χ0n) is 10.0. The Morgan fingerprint density at radius 2 is 2.00 bits per heavy atom. The maximum Gasteiger partial charge on any atom is 0.264 e. The molecule has 1 amide bonds. The van der Waals surface area contributed by atoms with Crippen molar-refractivity contribution in [1.82, 2.24) is 0 Å². The highest BCUT2D eigenvalue weighted by molar-refractivity contribution is 7.85. The van der Waals surface area contributed by atoms with E-state index in [-0.39, 0.29) is 19.6 Å². The lowest BCUT2D eigenvalue weighted by Crippen LogP contribution is -2.29. The van der Waals surface area contributed by atoms with E-state index in [4.69, 9.17) is 15.2 Å². The molecule has 0 radical (unpaired) electrons. The minimum atomic E-state index is -3.55. The summed E-state index contributed by atoms with van der Waals surface area (Å²) in [4.78, 5) is 10.7. The molecule has 0 aromatic heterocycles. The molecule has 0 rings (SSSR count). The van der Waals surface area contributed by atoms with Gasteiger partial charge in [0, 0.05) is 6.61 Å². The van der Waals surface area contributed by atoms with Gasteiger partial charge in [-0.3, -0.25) is 8.98 Å². The summed E-state index contributed by atoms with van der Waals surface area (Å²) in [6.07, 6.45) is 0.151. The van der Waals surface area contributed by atoms with E-state index in [1.165, 1.54) is 0 Å². The molecule has 0 saturated heterocycles. The Balaban J connectivity index is 4.00. The van der Waals surface area contributed by atoms with Crippen molar-refractivity contribution >= 4 is 16.0 Å². The van der Waals surface area contributed by atoms with Gasteiger partial charge in [-0.2, -0.15) is 8.42 Å².